The summed E-state index contributed by atoms with van der Waals surface area (Å²) >= 11 is 0. The van der Waals surface area contributed by atoms with Crippen LogP contribution in [0.3, 0.4) is 0 Å². The standard InChI is InChI=1S/C16H22N2O2/c1-2-3-4-9-18(10-8-16(19)20)13-15-7-5-6-14(11-15)12-17/h5-7,11H,2-4,8-10,13H2,1H3,(H,19,20). The highest BCUT2D eigenvalue weighted by Crippen LogP contribution is 2.10. The van der Waals surface area contributed by atoms with E-state index < -0.39 is 5.97 Å². The molecular weight excluding hydrogens is 252 g/mol. The van der Waals surface area contributed by atoms with Gasteiger partial charge in [0.2, 0.25) is 0 Å². The van der Waals surface area contributed by atoms with Gasteiger partial charge in [0.05, 0.1) is 18.1 Å². The lowest BCUT2D eigenvalue weighted by Crippen LogP contribution is -2.27. The number of carbonyl (C=O) groups is 1. The monoisotopic (exact) mass is 274 g/mol. The van der Waals surface area contributed by atoms with Crippen LogP contribution < -0.4 is 0 Å². The van der Waals surface area contributed by atoms with Crippen molar-refractivity contribution < 1.29 is 9.90 Å². The number of carboxylic acid groups (broad SMARTS) is 1. The molecule has 1 aromatic rings. The zero-order chi connectivity index (χ0) is 14.8. The molecule has 4 heteroatoms. The van der Waals surface area contributed by atoms with Crippen LogP contribution in [-0.4, -0.2) is 29.1 Å². The normalized spacial score (nSPS) is 10.4. The van der Waals surface area contributed by atoms with Crippen LogP contribution in [0.4, 0.5) is 0 Å². The van der Waals surface area contributed by atoms with E-state index in [4.69, 9.17) is 10.4 Å². The van der Waals surface area contributed by atoms with Gasteiger partial charge in [-0.3, -0.25) is 9.69 Å². The molecule has 0 aromatic heterocycles. The minimum atomic E-state index is -0.767. The fraction of sp³-hybridized carbons (Fsp3) is 0.500. The van der Waals surface area contributed by atoms with Crippen LogP contribution in [0.15, 0.2) is 24.3 Å². The summed E-state index contributed by atoms with van der Waals surface area (Å²) in [6, 6.07) is 9.63. The molecule has 0 bridgehead atoms. The molecule has 0 radical (unpaired) electrons. The number of benzene rings is 1. The number of nitrogens with zero attached hydrogens (tertiary/aromatic N) is 2. The Morgan fingerprint density at radius 3 is 2.80 bits per heavy atom. The summed E-state index contributed by atoms with van der Waals surface area (Å²) < 4.78 is 0. The molecule has 0 heterocycles. The molecule has 1 rings (SSSR count). The predicted octanol–water partition coefficient (Wildman–Crippen LogP) is 3.03. The smallest absolute Gasteiger partial charge is 0.304 e. The maximum Gasteiger partial charge on any atom is 0.304 e. The number of aliphatic carboxylic acids is 1. The van der Waals surface area contributed by atoms with Gasteiger partial charge in [0.1, 0.15) is 0 Å². The lowest BCUT2D eigenvalue weighted by Gasteiger charge is -2.21. The third-order valence-electron chi connectivity index (χ3n) is 3.18. The Labute approximate surface area is 120 Å². The van der Waals surface area contributed by atoms with Crippen LogP contribution in [0, 0.1) is 11.3 Å². The maximum absolute atomic E-state index is 10.7. The first-order valence-corrected chi connectivity index (χ1v) is 7.09. The van der Waals surface area contributed by atoms with Crippen molar-refractivity contribution in [3.8, 4) is 6.07 Å². The van der Waals surface area contributed by atoms with Crippen LogP contribution in [0.5, 0.6) is 0 Å². The molecule has 0 spiro atoms. The predicted molar refractivity (Wildman–Crippen MR) is 78.2 cm³/mol. The molecule has 1 aromatic carbocycles. The van der Waals surface area contributed by atoms with Crippen molar-refractivity contribution in [3.05, 3.63) is 35.4 Å². The average molecular weight is 274 g/mol. The molecule has 0 unspecified atom stereocenters. The molecule has 108 valence electrons. The molecule has 0 saturated carbocycles. The van der Waals surface area contributed by atoms with Gasteiger partial charge in [-0.2, -0.15) is 5.26 Å². The number of carboxylic acids is 1. The second-order valence-corrected chi connectivity index (χ2v) is 4.94. The number of hydrogen-bond donors (Lipinski definition) is 1. The van der Waals surface area contributed by atoms with Crippen LogP contribution in [0.2, 0.25) is 0 Å². The molecule has 0 fully saturated rings. The fourth-order valence-corrected chi connectivity index (χ4v) is 2.11. The van der Waals surface area contributed by atoms with E-state index in [1.165, 1.54) is 0 Å². The Kier molecular flexibility index (Phi) is 7.38. The number of nitriles is 1. The summed E-state index contributed by atoms with van der Waals surface area (Å²) in [4.78, 5) is 12.9. The molecular formula is C16H22N2O2. The van der Waals surface area contributed by atoms with Crippen molar-refractivity contribution >= 4 is 5.97 Å². The third-order valence-corrected chi connectivity index (χ3v) is 3.18. The summed E-state index contributed by atoms with van der Waals surface area (Å²) in [5.41, 5.74) is 1.71. The highest BCUT2D eigenvalue weighted by Gasteiger charge is 2.08. The second-order valence-electron chi connectivity index (χ2n) is 4.94. The van der Waals surface area contributed by atoms with E-state index in [1.807, 2.05) is 18.2 Å². The van der Waals surface area contributed by atoms with Crippen LogP contribution in [0.1, 0.15) is 43.7 Å². The van der Waals surface area contributed by atoms with Crippen molar-refractivity contribution in [2.45, 2.75) is 39.2 Å². The second kappa shape index (κ2) is 9.11. The Bertz CT molecular complexity index is 466. The lowest BCUT2D eigenvalue weighted by atomic mass is 10.1. The van der Waals surface area contributed by atoms with Gasteiger partial charge in [0.25, 0.3) is 0 Å². The minimum absolute atomic E-state index is 0.157. The highest BCUT2D eigenvalue weighted by molar-refractivity contribution is 5.66. The Hall–Kier alpha value is -1.86. The maximum atomic E-state index is 10.7. The topological polar surface area (TPSA) is 64.3 Å². The van der Waals surface area contributed by atoms with E-state index in [0.717, 1.165) is 31.4 Å². The van der Waals surface area contributed by atoms with Gasteiger partial charge >= 0.3 is 5.97 Å². The number of hydrogen-bond acceptors (Lipinski definition) is 3. The summed E-state index contributed by atoms with van der Waals surface area (Å²) in [5.74, 6) is -0.767. The van der Waals surface area contributed by atoms with E-state index in [-0.39, 0.29) is 6.42 Å². The van der Waals surface area contributed by atoms with Crippen molar-refractivity contribution in [2.75, 3.05) is 13.1 Å². The van der Waals surface area contributed by atoms with Crippen LogP contribution in [-0.2, 0) is 11.3 Å². The van der Waals surface area contributed by atoms with Crippen LogP contribution >= 0.6 is 0 Å². The molecule has 20 heavy (non-hydrogen) atoms. The quantitative estimate of drug-likeness (QED) is 0.703. The minimum Gasteiger partial charge on any atom is -0.481 e. The Balaban J connectivity index is 2.61. The van der Waals surface area contributed by atoms with Crippen molar-refractivity contribution in [1.29, 1.82) is 5.26 Å². The van der Waals surface area contributed by atoms with Crippen molar-refractivity contribution in [2.24, 2.45) is 0 Å². The summed E-state index contributed by atoms with van der Waals surface area (Å²) in [7, 11) is 0. The van der Waals surface area contributed by atoms with Crippen LogP contribution in [0.25, 0.3) is 0 Å². The molecule has 4 nitrogen and oxygen atoms in total. The fourth-order valence-electron chi connectivity index (χ4n) is 2.11. The first-order chi connectivity index (χ1) is 9.65. The van der Waals surface area contributed by atoms with E-state index in [2.05, 4.69) is 17.9 Å². The molecule has 0 aliphatic heterocycles. The number of rotatable bonds is 9. The van der Waals surface area contributed by atoms with Gasteiger partial charge in [-0.25, -0.2) is 0 Å². The highest BCUT2D eigenvalue weighted by atomic mass is 16.4. The third kappa shape index (κ3) is 6.35. The van der Waals surface area contributed by atoms with Gasteiger partial charge in [-0.15, -0.1) is 0 Å². The molecule has 1 N–H and O–H groups in total. The zero-order valence-corrected chi connectivity index (χ0v) is 12.0. The lowest BCUT2D eigenvalue weighted by molar-refractivity contribution is -0.137. The number of unbranched alkanes of at least 4 members (excludes halogenated alkanes) is 2. The average Bonchev–Trinajstić information content (AvgIpc) is 2.45. The molecule has 0 atom stereocenters. The van der Waals surface area contributed by atoms with Gasteiger partial charge in [-0.05, 0) is 30.7 Å². The van der Waals surface area contributed by atoms with E-state index >= 15 is 0 Å². The van der Waals surface area contributed by atoms with Gasteiger partial charge in [-0.1, -0.05) is 31.9 Å². The summed E-state index contributed by atoms with van der Waals surface area (Å²) in [6.07, 6.45) is 3.54. The first-order valence-electron chi connectivity index (χ1n) is 7.09. The van der Waals surface area contributed by atoms with Gasteiger partial charge in [0, 0.05) is 13.1 Å². The molecule has 0 amide bonds. The van der Waals surface area contributed by atoms with Gasteiger partial charge in [0.15, 0.2) is 0 Å². The zero-order valence-electron chi connectivity index (χ0n) is 12.0. The Morgan fingerprint density at radius 1 is 1.35 bits per heavy atom. The SMILES string of the molecule is CCCCCN(CCC(=O)O)Cc1cccc(C#N)c1. The summed E-state index contributed by atoms with van der Waals surface area (Å²) in [6.45, 7) is 4.30. The van der Waals surface area contributed by atoms with Crippen molar-refractivity contribution in [3.63, 3.8) is 0 Å². The largest absolute Gasteiger partial charge is 0.481 e. The Morgan fingerprint density at radius 2 is 2.15 bits per heavy atom. The summed E-state index contributed by atoms with van der Waals surface area (Å²) in [5, 5.41) is 17.7. The van der Waals surface area contributed by atoms with E-state index in [0.29, 0.717) is 18.7 Å². The van der Waals surface area contributed by atoms with E-state index in [9.17, 15) is 4.79 Å². The van der Waals surface area contributed by atoms with Gasteiger partial charge < -0.3 is 5.11 Å². The molecule has 0 saturated heterocycles. The van der Waals surface area contributed by atoms with Crippen molar-refractivity contribution in [1.82, 2.24) is 4.90 Å². The van der Waals surface area contributed by atoms with E-state index in [1.54, 1.807) is 6.07 Å². The molecule has 0 aliphatic rings. The first kappa shape index (κ1) is 16.2. The molecule has 0 aliphatic carbocycles.